The predicted molar refractivity (Wildman–Crippen MR) is 81.4 cm³/mol. The van der Waals surface area contributed by atoms with E-state index < -0.39 is 10.3 Å². The van der Waals surface area contributed by atoms with E-state index in [2.05, 4.69) is 0 Å². The van der Waals surface area contributed by atoms with E-state index in [0.717, 1.165) is 5.39 Å². The highest BCUT2D eigenvalue weighted by Gasteiger charge is 2.25. The quantitative estimate of drug-likeness (QED) is 0.739. The van der Waals surface area contributed by atoms with Crippen LogP contribution in [-0.2, 0) is 10.3 Å². The first kappa shape index (κ1) is 13.9. The lowest BCUT2D eigenvalue weighted by Crippen LogP contribution is -2.24. The van der Waals surface area contributed by atoms with Crippen molar-refractivity contribution in [3.8, 4) is 0 Å². The molecule has 0 aliphatic heterocycles. The number of hydrogen-bond acceptors (Lipinski definition) is 3. The minimum absolute atomic E-state index is 0.0130. The van der Waals surface area contributed by atoms with Crippen LogP contribution in [0.1, 0.15) is 0 Å². The highest BCUT2D eigenvalue weighted by atomic mass is 35.5. The Bertz CT molecular complexity index is 871. The summed E-state index contributed by atoms with van der Waals surface area (Å²) in [6.45, 7) is 0. The summed E-state index contributed by atoms with van der Waals surface area (Å²) in [5.74, 6) is -0.0130. The summed E-state index contributed by atoms with van der Waals surface area (Å²) in [6, 6.07) is 14.7. The van der Waals surface area contributed by atoms with Crippen LogP contribution in [0.25, 0.3) is 11.0 Å². The first-order valence-electron chi connectivity index (χ1n) is 5.97. The van der Waals surface area contributed by atoms with Crippen LogP contribution in [0.2, 0.25) is 5.02 Å². The third kappa shape index (κ3) is 2.73. The molecular formula is C14H10ClNO4S. The first-order valence-corrected chi connectivity index (χ1v) is 7.74. The molecule has 2 aromatic carbocycles. The molecule has 1 N–H and O–H groups in total. The molecule has 0 aliphatic carbocycles. The van der Waals surface area contributed by atoms with Crippen molar-refractivity contribution in [3.63, 3.8) is 0 Å². The zero-order chi connectivity index (χ0) is 15.0. The van der Waals surface area contributed by atoms with E-state index >= 15 is 0 Å². The molecule has 0 atom stereocenters. The van der Waals surface area contributed by atoms with Gasteiger partial charge in [0.25, 0.3) is 0 Å². The second-order valence-electron chi connectivity index (χ2n) is 4.34. The average Bonchev–Trinajstić information content (AvgIpc) is 2.80. The molecule has 1 aromatic heterocycles. The Hall–Kier alpha value is -2.02. The molecule has 3 aromatic rings. The Morgan fingerprint density at radius 1 is 1.05 bits per heavy atom. The Morgan fingerprint density at radius 2 is 1.81 bits per heavy atom. The second-order valence-corrected chi connectivity index (χ2v) is 6.04. The second kappa shape index (κ2) is 5.07. The van der Waals surface area contributed by atoms with Crippen molar-refractivity contribution in [2.45, 2.75) is 0 Å². The fourth-order valence-electron chi connectivity index (χ4n) is 2.04. The molecule has 0 aliphatic rings. The maximum atomic E-state index is 11.7. The van der Waals surface area contributed by atoms with Crippen LogP contribution in [0.4, 0.5) is 11.6 Å². The fourth-order valence-corrected chi connectivity index (χ4v) is 2.93. The molecule has 0 amide bonds. The van der Waals surface area contributed by atoms with Crippen LogP contribution in [-0.4, -0.2) is 13.0 Å². The summed E-state index contributed by atoms with van der Waals surface area (Å²) < 4.78 is 39.1. The van der Waals surface area contributed by atoms with E-state index in [9.17, 15) is 13.0 Å². The van der Waals surface area contributed by atoms with Crippen molar-refractivity contribution in [1.82, 2.24) is 0 Å². The Morgan fingerprint density at radius 3 is 2.48 bits per heavy atom. The van der Waals surface area contributed by atoms with Crippen LogP contribution in [0.15, 0.2) is 59.0 Å². The van der Waals surface area contributed by atoms with Crippen molar-refractivity contribution in [2.24, 2.45) is 0 Å². The number of para-hydroxylation sites is 1. The number of nitrogens with zero attached hydrogens (tertiary/aromatic N) is 1. The topological polar surface area (TPSA) is 70.8 Å². The molecule has 0 unspecified atom stereocenters. The summed E-state index contributed by atoms with van der Waals surface area (Å²) in [7, 11) is -4.55. The third-order valence-electron chi connectivity index (χ3n) is 2.89. The summed E-state index contributed by atoms with van der Waals surface area (Å²) >= 11 is 5.87. The highest BCUT2D eigenvalue weighted by molar-refractivity contribution is 7.87. The molecule has 0 saturated carbocycles. The number of fused-ring (bicyclic) bond motifs is 1. The minimum Gasteiger partial charge on any atom is -0.439 e. The van der Waals surface area contributed by atoms with Gasteiger partial charge in [-0.1, -0.05) is 35.9 Å². The largest absolute Gasteiger partial charge is 0.439 e. The zero-order valence-corrected chi connectivity index (χ0v) is 12.2. The molecule has 1 heterocycles. The molecule has 108 valence electrons. The van der Waals surface area contributed by atoms with Gasteiger partial charge in [0.05, 0.1) is 5.69 Å². The molecule has 0 radical (unpaired) electrons. The Balaban J connectivity index is 2.21. The lowest BCUT2D eigenvalue weighted by atomic mass is 10.2. The Kier molecular flexibility index (Phi) is 3.36. The molecule has 7 heteroatoms. The fraction of sp³-hybridized carbons (Fsp3) is 0. The molecule has 3 rings (SSSR count). The van der Waals surface area contributed by atoms with Gasteiger partial charge in [0.2, 0.25) is 5.88 Å². The van der Waals surface area contributed by atoms with Gasteiger partial charge in [-0.2, -0.15) is 12.7 Å². The monoisotopic (exact) mass is 323 g/mol. The number of halogens is 1. The normalized spacial score (nSPS) is 11.7. The molecule has 0 saturated heterocycles. The number of rotatable bonds is 3. The zero-order valence-electron chi connectivity index (χ0n) is 10.6. The van der Waals surface area contributed by atoms with Crippen molar-refractivity contribution in [2.75, 3.05) is 4.31 Å². The van der Waals surface area contributed by atoms with Gasteiger partial charge in [-0.25, -0.2) is 0 Å². The molecule has 0 bridgehead atoms. The SMILES string of the molecule is O=S(=O)(O)N(c1cccc(Cl)c1)c1cc2ccccc2o1. The molecule has 0 fully saturated rings. The first-order chi connectivity index (χ1) is 9.95. The summed E-state index contributed by atoms with van der Waals surface area (Å²) in [5.41, 5.74) is 0.701. The number of benzene rings is 2. The number of hydrogen-bond donors (Lipinski definition) is 1. The smallest absolute Gasteiger partial charge is 0.366 e. The lowest BCUT2D eigenvalue weighted by Gasteiger charge is -2.17. The van der Waals surface area contributed by atoms with Crippen LogP contribution in [0.5, 0.6) is 0 Å². The third-order valence-corrected chi connectivity index (χ3v) is 3.97. The van der Waals surface area contributed by atoms with Gasteiger partial charge in [-0.05, 0) is 24.3 Å². The van der Waals surface area contributed by atoms with Crippen molar-refractivity contribution >= 4 is 44.4 Å². The maximum Gasteiger partial charge on any atom is 0.366 e. The average molecular weight is 324 g/mol. The van der Waals surface area contributed by atoms with Gasteiger partial charge in [0.1, 0.15) is 5.58 Å². The van der Waals surface area contributed by atoms with Gasteiger partial charge >= 0.3 is 10.3 Å². The molecular weight excluding hydrogens is 314 g/mol. The van der Waals surface area contributed by atoms with Crippen LogP contribution in [0.3, 0.4) is 0 Å². The number of furan rings is 1. The Labute approximate surface area is 126 Å². The standard InChI is InChI=1S/C14H10ClNO4S/c15-11-5-3-6-12(9-11)16(21(17,18)19)14-8-10-4-1-2-7-13(10)20-14/h1-9H,(H,17,18,19). The van der Waals surface area contributed by atoms with E-state index in [0.29, 0.717) is 14.9 Å². The molecule has 21 heavy (non-hydrogen) atoms. The van der Waals surface area contributed by atoms with Crippen molar-refractivity contribution in [3.05, 3.63) is 59.6 Å². The summed E-state index contributed by atoms with van der Waals surface area (Å²) in [4.78, 5) is 0. The van der Waals surface area contributed by atoms with Crippen molar-refractivity contribution in [1.29, 1.82) is 0 Å². The lowest BCUT2D eigenvalue weighted by molar-refractivity contribution is 0.479. The van der Waals surface area contributed by atoms with Crippen LogP contribution in [0, 0.1) is 0 Å². The molecule has 0 spiro atoms. The van der Waals surface area contributed by atoms with Gasteiger partial charge < -0.3 is 4.42 Å². The predicted octanol–water partition coefficient (Wildman–Crippen LogP) is 4.03. The number of anilines is 2. The van der Waals surface area contributed by atoms with Gasteiger partial charge in [-0.3, -0.25) is 4.55 Å². The van der Waals surface area contributed by atoms with E-state index in [-0.39, 0.29) is 11.6 Å². The minimum atomic E-state index is -4.55. The van der Waals surface area contributed by atoms with Crippen molar-refractivity contribution < 1.29 is 17.4 Å². The van der Waals surface area contributed by atoms with Gasteiger partial charge in [0, 0.05) is 16.5 Å². The highest BCUT2D eigenvalue weighted by Crippen LogP contribution is 2.34. The van der Waals surface area contributed by atoms with Crippen LogP contribution < -0.4 is 4.31 Å². The summed E-state index contributed by atoms with van der Waals surface area (Å²) in [5, 5.41) is 1.07. The van der Waals surface area contributed by atoms with E-state index in [1.165, 1.54) is 18.2 Å². The maximum absolute atomic E-state index is 11.7. The van der Waals surface area contributed by atoms with Gasteiger partial charge in [-0.15, -0.1) is 0 Å². The molecule has 5 nitrogen and oxygen atoms in total. The summed E-state index contributed by atoms with van der Waals surface area (Å²) in [6.07, 6.45) is 0. The van der Waals surface area contributed by atoms with E-state index in [1.807, 2.05) is 0 Å². The van der Waals surface area contributed by atoms with Crippen LogP contribution >= 0.6 is 11.6 Å². The van der Waals surface area contributed by atoms with E-state index in [4.69, 9.17) is 16.0 Å². The van der Waals surface area contributed by atoms with E-state index in [1.54, 1.807) is 36.4 Å². The van der Waals surface area contributed by atoms with Gasteiger partial charge in [0.15, 0.2) is 0 Å².